The summed E-state index contributed by atoms with van der Waals surface area (Å²) in [6, 6.07) is 0.872. The number of H-pyrrole nitrogens is 1. The molecular weight excluding hydrogens is 270 g/mol. The summed E-state index contributed by atoms with van der Waals surface area (Å²) in [6.07, 6.45) is 4.67. The van der Waals surface area contributed by atoms with Crippen molar-refractivity contribution in [2.24, 2.45) is 5.73 Å². The number of hydrogen-bond donors (Lipinski definition) is 2. The lowest BCUT2D eigenvalue weighted by Gasteiger charge is -2.34. The number of piperidine rings is 1. The Hall–Kier alpha value is -1.60. The van der Waals surface area contributed by atoms with Crippen LogP contribution in [-0.2, 0) is 0 Å². The summed E-state index contributed by atoms with van der Waals surface area (Å²) in [5, 5.41) is 0. The number of anilines is 1. The highest BCUT2D eigenvalue weighted by molar-refractivity contribution is 5.51. The average Bonchev–Trinajstić information content (AvgIpc) is 2.97. The Balaban J connectivity index is 1.70. The highest BCUT2D eigenvalue weighted by Crippen LogP contribution is 2.27. The molecule has 116 valence electrons. The molecule has 0 aromatic carbocycles. The highest BCUT2D eigenvalue weighted by Gasteiger charge is 2.31. The fraction of sp³-hybridized carbons (Fsp3) is 0.714. The van der Waals surface area contributed by atoms with E-state index in [0.29, 0.717) is 23.7 Å². The van der Waals surface area contributed by atoms with Crippen LogP contribution in [0.4, 0.5) is 5.82 Å². The minimum absolute atomic E-state index is 0.227. The summed E-state index contributed by atoms with van der Waals surface area (Å²) >= 11 is 0. The van der Waals surface area contributed by atoms with Crippen LogP contribution in [0.5, 0.6) is 5.75 Å². The Bertz CT molecular complexity index is 538. The monoisotopic (exact) mass is 293 g/mol. The van der Waals surface area contributed by atoms with Crippen molar-refractivity contribution in [2.75, 3.05) is 38.2 Å². The Morgan fingerprint density at radius 3 is 2.81 bits per heavy atom. The molecule has 0 bridgehead atoms. The second-order valence-electron chi connectivity index (χ2n) is 5.85. The van der Waals surface area contributed by atoms with Crippen LogP contribution in [0.3, 0.4) is 0 Å². The number of ether oxygens (including phenoxy) is 1. The minimum Gasteiger partial charge on any atom is -0.489 e. The molecule has 1 unspecified atom stereocenters. The first-order chi connectivity index (χ1) is 10.2. The summed E-state index contributed by atoms with van der Waals surface area (Å²) in [6.45, 7) is 3.93. The van der Waals surface area contributed by atoms with E-state index in [1.165, 1.54) is 13.4 Å². The van der Waals surface area contributed by atoms with Gasteiger partial charge in [0.15, 0.2) is 5.82 Å². The third-order valence-electron chi connectivity index (χ3n) is 4.55. The zero-order valence-corrected chi connectivity index (χ0v) is 12.4. The van der Waals surface area contributed by atoms with Crippen molar-refractivity contribution >= 4 is 5.82 Å². The van der Waals surface area contributed by atoms with E-state index in [-0.39, 0.29) is 5.56 Å². The topological polar surface area (TPSA) is 87.5 Å². The van der Waals surface area contributed by atoms with Crippen molar-refractivity contribution in [1.82, 2.24) is 14.9 Å². The molecule has 3 N–H and O–H groups in total. The smallest absolute Gasteiger partial charge is 0.295 e. The first kappa shape index (κ1) is 14.3. The average molecular weight is 293 g/mol. The Morgan fingerprint density at radius 2 is 2.10 bits per heavy atom. The number of nitrogens with two attached hydrogens (primary N) is 1. The molecule has 0 amide bonds. The molecule has 3 rings (SSSR count). The third kappa shape index (κ3) is 2.89. The molecule has 2 aliphatic heterocycles. The molecule has 1 aromatic rings. The molecule has 0 aliphatic carbocycles. The normalized spacial score (nSPS) is 24.5. The van der Waals surface area contributed by atoms with Crippen molar-refractivity contribution in [3.63, 3.8) is 0 Å². The van der Waals surface area contributed by atoms with Crippen LogP contribution < -0.4 is 20.9 Å². The SMILES string of the molecule is COc1c(N2CCC(N3CCC(N)CC3)C2)nc[nH]c1=O. The van der Waals surface area contributed by atoms with E-state index < -0.39 is 0 Å². The number of rotatable bonds is 3. The summed E-state index contributed by atoms with van der Waals surface area (Å²) in [5.41, 5.74) is 5.74. The van der Waals surface area contributed by atoms with E-state index in [9.17, 15) is 4.79 Å². The van der Waals surface area contributed by atoms with Crippen LogP contribution in [0.25, 0.3) is 0 Å². The number of nitrogens with one attached hydrogen (secondary N) is 1. The van der Waals surface area contributed by atoms with Gasteiger partial charge in [0.25, 0.3) is 5.56 Å². The number of nitrogens with zero attached hydrogens (tertiary/aromatic N) is 3. The minimum atomic E-state index is -0.227. The van der Waals surface area contributed by atoms with E-state index in [0.717, 1.165) is 45.4 Å². The standard InChI is InChI=1S/C14H23N5O2/c1-21-12-13(16-9-17-14(12)20)19-7-4-11(8-19)18-5-2-10(15)3-6-18/h9-11H,2-8,15H2,1H3,(H,16,17,20). The van der Waals surface area contributed by atoms with Gasteiger partial charge in [-0.2, -0.15) is 0 Å². The van der Waals surface area contributed by atoms with Crippen molar-refractivity contribution in [1.29, 1.82) is 0 Å². The maximum Gasteiger partial charge on any atom is 0.295 e. The predicted octanol–water partition coefficient (Wildman–Crippen LogP) is -0.220. The summed E-state index contributed by atoms with van der Waals surface area (Å²) in [4.78, 5) is 23.3. The lowest BCUT2D eigenvalue weighted by molar-refractivity contribution is 0.163. The number of methoxy groups -OCH3 is 1. The predicted molar refractivity (Wildman–Crippen MR) is 80.8 cm³/mol. The fourth-order valence-electron chi connectivity index (χ4n) is 3.30. The quantitative estimate of drug-likeness (QED) is 0.801. The zero-order chi connectivity index (χ0) is 14.8. The molecule has 0 spiro atoms. The molecule has 0 radical (unpaired) electrons. The van der Waals surface area contributed by atoms with Gasteiger partial charge < -0.3 is 20.4 Å². The molecule has 0 saturated carbocycles. The summed E-state index contributed by atoms with van der Waals surface area (Å²) < 4.78 is 5.21. The molecule has 1 atom stereocenters. The van der Waals surface area contributed by atoms with Crippen molar-refractivity contribution in [2.45, 2.75) is 31.3 Å². The van der Waals surface area contributed by atoms with Crippen LogP contribution >= 0.6 is 0 Å². The zero-order valence-electron chi connectivity index (χ0n) is 12.4. The Kier molecular flexibility index (Phi) is 4.12. The van der Waals surface area contributed by atoms with E-state index in [1.54, 1.807) is 0 Å². The molecule has 21 heavy (non-hydrogen) atoms. The van der Waals surface area contributed by atoms with E-state index in [1.807, 2.05) is 0 Å². The maximum atomic E-state index is 11.8. The van der Waals surface area contributed by atoms with E-state index >= 15 is 0 Å². The molecule has 2 fully saturated rings. The fourth-order valence-corrected chi connectivity index (χ4v) is 3.30. The summed E-state index contributed by atoms with van der Waals surface area (Å²) in [5.74, 6) is 0.955. The van der Waals surface area contributed by atoms with Crippen molar-refractivity contribution in [3.05, 3.63) is 16.7 Å². The van der Waals surface area contributed by atoms with Crippen LogP contribution in [0.2, 0.25) is 0 Å². The van der Waals surface area contributed by atoms with E-state index in [2.05, 4.69) is 19.8 Å². The van der Waals surface area contributed by atoms with Gasteiger partial charge in [0.2, 0.25) is 5.75 Å². The third-order valence-corrected chi connectivity index (χ3v) is 4.55. The van der Waals surface area contributed by atoms with Gasteiger partial charge in [-0.05, 0) is 32.4 Å². The lowest BCUT2D eigenvalue weighted by atomic mass is 10.0. The number of aromatic amines is 1. The molecular formula is C14H23N5O2. The number of aromatic nitrogens is 2. The Labute approximate surface area is 124 Å². The first-order valence-electron chi connectivity index (χ1n) is 7.55. The van der Waals surface area contributed by atoms with Gasteiger partial charge in [-0.1, -0.05) is 0 Å². The molecule has 7 heteroatoms. The van der Waals surface area contributed by atoms with E-state index in [4.69, 9.17) is 10.5 Å². The molecule has 2 aliphatic rings. The largest absolute Gasteiger partial charge is 0.489 e. The maximum absolute atomic E-state index is 11.8. The van der Waals surface area contributed by atoms with Gasteiger partial charge in [0.1, 0.15) is 0 Å². The summed E-state index contributed by atoms with van der Waals surface area (Å²) in [7, 11) is 1.51. The van der Waals surface area contributed by atoms with Gasteiger partial charge in [-0.15, -0.1) is 0 Å². The van der Waals surface area contributed by atoms with Crippen LogP contribution in [-0.4, -0.2) is 60.2 Å². The lowest BCUT2D eigenvalue weighted by Crippen LogP contribution is -2.46. The van der Waals surface area contributed by atoms with Gasteiger partial charge in [0, 0.05) is 25.2 Å². The number of hydrogen-bond acceptors (Lipinski definition) is 6. The second-order valence-corrected chi connectivity index (χ2v) is 5.85. The Morgan fingerprint density at radius 1 is 1.33 bits per heavy atom. The van der Waals surface area contributed by atoms with Crippen molar-refractivity contribution in [3.8, 4) is 5.75 Å². The highest BCUT2D eigenvalue weighted by atomic mass is 16.5. The van der Waals surface area contributed by atoms with Crippen LogP contribution in [0.1, 0.15) is 19.3 Å². The first-order valence-corrected chi connectivity index (χ1v) is 7.55. The van der Waals surface area contributed by atoms with Gasteiger partial charge in [-0.3, -0.25) is 9.69 Å². The molecule has 3 heterocycles. The molecule has 2 saturated heterocycles. The second kappa shape index (κ2) is 6.03. The van der Waals surface area contributed by atoms with Crippen molar-refractivity contribution < 1.29 is 4.74 Å². The molecule has 7 nitrogen and oxygen atoms in total. The molecule has 1 aromatic heterocycles. The number of likely N-dealkylation sites (tertiary alicyclic amines) is 1. The van der Waals surface area contributed by atoms with Gasteiger partial charge in [0.05, 0.1) is 13.4 Å². The van der Waals surface area contributed by atoms with Gasteiger partial charge in [-0.25, -0.2) is 4.98 Å². The van der Waals surface area contributed by atoms with Gasteiger partial charge >= 0.3 is 0 Å². The van der Waals surface area contributed by atoms with Crippen LogP contribution in [0.15, 0.2) is 11.1 Å². The van der Waals surface area contributed by atoms with Crippen LogP contribution in [0, 0.1) is 0 Å².